The van der Waals surface area contributed by atoms with Crippen molar-refractivity contribution in [2.24, 2.45) is 0 Å². The summed E-state index contributed by atoms with van der Waals surface area (Å²) in [4.78, 5) is 32.9. The monoisotopic (exact) mass is 269 g/mol. The van der Waals surface area contributed by atoms with Gasteiger partial charge >= 0.3 is 11.9 Å². The molecule has 0 saturated heterocycles. The van der Waals surface area contributed by atoms with Crippen LogP contribution in [-0.4, -0.2) is 44.3 Å². The molecule has 0 saturated carbocycles. The summed E-state index contributed by atoms with van der Waals surface area (Å²) in [5.41, 5.74) is -0.269. The van der Waals surface area contributed by atoms with Gasteiger partial charge in [0.1, 0.15) is 17.5 Å². The number of rotatable bonds is 5. The summed E-state index contributed by atoms with van der Waals surface area (Å²) in [6.07, 6.45) is -0.792. The van der Waals surface area contributed by atoms with E-state index in [2.05, 4.69) is 0 Å². The zero-order chi connectivity index (χ0) is 14.6. The summed E-state index contributed by atoms with van der Waals surface area (Å²) >= 11 is 0. The second-order valence-corrected chi connectivity index (χ2v) is 3.66. The number of hydrogen-bond donors (Lipinski definition) is 5. The van der Waals surface area contributed by atoms with Gasteiger partial charge in [0.2, 0.25) is 0 Å². The number of carboxylic acids is 2. The Morgan fingerprint density at radius 3 is 2.26 bits per heavy atom. The standard InChI is InChI=1S/C11H11NO7/c13-5-1-2-6(8(14)3-5)10(17)12-7(11(18)19)4-9(15)16/h1-3,7,13-14H,4H2,(H,12,17)(H,15,16)(H,18,19)/t7-/m0/s1. The van der Waals surface area contributed by atoms with Gasteiger partial charge in [0.05, 0.1) is 12.0 Å². The first kappa shape index (κ1) is 14.3. The van der Waals surface area contributed by atoms with E-state index in [4.69, 9.17) is 15.3 Å². The van der Waals surface area contributed by atoms with Crippen LogP contribution in [0.2, 0.25) is 0 Å². The van der Waals surface area contributed by atoms with E-state index < -0.39 is 36.1 Å². The van der Waals surface area contributed by atoms with Crippen LogP contribution in [0.15, 0.2) is 18.2 Å². The highest BCUT2D eigenvalue weighted by molar-refractivity contribution is 5.99. The van der Waals surface area contributed by atoms with Gasteiger partial charge in [0, 0.05) is 6.07 Å². The van der Waals surface area contributed by atoms with Crippen LogP contribution in [0.5, 0.6) is 11.5 Å². The van der Waals surface area contributed by atoms with Gasteiger partial charge in [0.15, 0.2) is 0 Å². The third-order valence-corrected chi connectivity index (χ3v) is 2.21. The Labute approximate surface area is 106 Å². The number of amides is 1. The number of phenolic OH excluding ortho intramolecular Hbond substituents is 2. The van der Waals surface area contributed by atoms with Crippen LogP contribution in [0.25, 0.3) is 0 Å². The topological polar surface area (TPSA) is 144 Å². The predicted octanol–water partition coefficient (Wildman–Crippen LogP) is -0.245. The number of benzene rings is 1. The predicted molar refractivity (Wildman–Crippen MR) is 60.9 cm³/mol. The fourth-order valence-corrected chi connectivity index (χ4v) is 1.32. The minimum atomic E-state index is -1.61. The molecule has 1 amide bonds. The summed E-state index contributed by atoms with van der Waals surface area (Å²) in [5, 5.41) is 37.7. The first-order valence-electron chi connectivity index (χ1n) is 5.08. The van der Waals surface area contributed by atoms with Crippen molar-refractivity contribution < 1.29 is 34.8 Å². The molecule has 8 nitrogen and oxygen atoms in total. The van der Waals surface area contributed by atoms with Crippen LogP contribution >= 0.6 is 0 Å². The second-order valence-electron chi connectivity index (χ2n) is 3.66. The van der Waals surface area contributed by atoms with E-state index in [-0.39, 0.29) is 11.3 Å². The van der Waals surface area contributed by atoms with Crippen molar-refractivity contribution in [3.8, 4) is 11.5 Å². The molecule has 102 valence electrons. The Balaban J connectivity index is 2.87. The van der Waals surface area contributed by atoms with Gasteiger partial charge in [-0.1, -0.05) is 0 Å². The highest BCUT2D eigenvalue weighted by atomic mass is 16.4. The lowest BCUT2D eigenvalue weighted by molar-refractivity contribution is -0.145. The molecule has 1 aromatic rings. The van der Waals surface area contributed by atoms with Gasteiger partial charge in [0.25, 0.3) is 5.91 Å². The smallest absolute Gasteiger partial charge is 0.326 e. The van der Waals surface area contributed by atoms with E-state index in [1.807, 2.05) is 5.32 Å². The third-order valence-electron chi connectivity index (χ3n) is 2.21. The Kier molecular flexibility index (Phi) is 4.30. The second kappa shape index (κ2) is 5.71. The van der Waals surface area contributed by atoms with Crippen LogP contribution in [0, 0.1) is 0 Å². The number of phenols is 2. The molecule has 1 rings (SSSR count). The van der Waals surface area contributed by atoms with Gasteiger partial charge in [-0.25, -0.2) is 4.79 Å². The van der Waals surface area contributed by atoms with Crippen LogP contribution in [-0.2, 0) is 9.59 Å². The van der Waals surface area contributed by atoms with Gasteiger partial charge in [-0.2, -0.15) is 0 Å². The molecular formula is C11H11NO7. The minimum absolute atomic E-state index is 0.269. The molecule has 0 aromatic heterocycles. The van der Waals surface area contributed by atoms with E-state index in [0.717, 1.165) is 18.2 Å². The van der Waals surface area contributed by atoms with E-state index in [9.17, 15) is 19.5 Å². The van der Waals surface area contributed by atoms with Crippen LogP contribution < -0.4 is 5.32 Å². The highest BCUT2D eigenvalue weighted by Gasteiger charge is 2.24. The van der Waals surface area contributed by atoms with Crippen molar-refractivity contribution in [2.75, 3.05) is 0 Å². The molecule has 0 aliphatic rings. The Hall–Kier alpha value is -2.77. The summed E-state index contributed by atoms with van der Waals surface area (Å²) in [6.45, 7) is 0. The highest BCUT2D eigenvalue weighted by Crippen LogP contribution is 2.22. The Morgan fingerprint density at radius 2 is 1.79 bits per heavy atom. The first-order valence-corrected chi connectivity index (χ1v) is 5.08. The number of nitrogens with one attached hydrogen (secondary N) is 1. The molecule has 0 heterocycles. The van der Waals surface area contributed by atoms with Crippen molar-refractivity contribution in [1.82, 2.24) is 5.32 Å². The van der Waals surface area contributed by atoms with Gasteiger partial charge in [-0.3, -0.25) is 9.59 Å². The zero-order valence-corrected chi connectivity index (χ0v) is 9.53. The number of carboxylic acid groups (broad SMARTS) is 2. The normalized spacial score (nSPS) is 11.6. The fraction of sp³-hybridized carbons (Fsp3) is 0.182. The minimum Gasteiger partial charge on any atom is -0.508 e. The van der Waals surface area contributed by atoms with E-state index >= 15 is 0 Å². The number of carbonyl (C=O) groups is 3. The van der Waals surface area contributed by atoms with Crippen LogP contribution in [0.1, 0.15) is 16.8 Å². The number of hydrogen-bond acceptors (Lipinski definition) is 5. The number of aliphatic carboxylic acids is 2. The average molecular weight is 269 g/mol. The van der Waals surface area contributed by atoms with Crippen LogP contribution in [0.3, 0.4) is 0 Å². The molecule has 0 spiro atoms. The molecule has 0 fully saturated rings. The lowest BCUT2D eigenvalue weighted by Crippen LogP contribution is -2.42. The Morgan fingerprint density at radius 1 is 1.16 bits per heavy atom. The van der Waals surface area contributed by atoms with Crippen LogP contribution in [0.4, 0.5) is 0 Å². The lowest BCUT2D eigenvalue weighted by Gasteiger charge is -2.13. The van der Waals surface area contributed by atoms with E-state index in [1.165, 1.54) is 0 Å². The molecule has 0 unspecified atom stereocenters. The van der Waals surface area contributed by atoms with Gasteiger partial charge in [-0.05, 0) is 12.1 Å². The van der Waals surface area contributed by atoms with Gasteiger partial charge in [-0.15, -0.1) is 0 Å². The van der Waals surface area contributed by atoms with E-state index in [0.29, 0.717) is 0 Å². The number of carbonyl (C=O) groups excluding carboxylic acids is 1. The quantitative estimate of drug-likeness (QED) is 0.495. The largest absolute Gasteiger partial charge is 0.508 e. The Bertz CT molecular complexity index is 526. The summed E-state index contributed by atoms with van der Waals surface area (Å²) in [7, 11) is 0. The molecule has 5 N–H and O–H groups in total. The van der Waals surface area contributed by atoms with Crippen molar-refractivity contribution in [2.45, 2.75) is 12.5 Å². The first-order chi connectivity index (χ1) is 8.81. The molecule has 0 bridgehead atoms. The molecular weight excluding hydrogens is 258 g/mol. The molecule has 0 aliphatic carbocycles. The van der Waals surface area contributed by atoms with Gasteiger partial charge < -0.3 is 25.7 Å². The summed E-state index contributed by atoms with van der Waals surface area (Å²) < 4.78 is 0. The average Bonchev–Trinajstić information content (AvgIpc) is 2.26. The fourth-order valence-electron chi connectivity index (χ4n) is 1.32. The number of aromatic hydroxyl groups is 2. The molecule has 1 aromatic carbocycles. The van der Waals surface area contributed by atoms with Crippen molar-refractivity contribution in [3.63, 3.8) is 0 Å². The summed E-state index contributed by atoms with van der Waals surface area (Å²) in [5.74, 6) is -4.66. The zero-order valence-electron chi connectivity index (χ0n) is 9.53. The molecule has 0 radical (unpaired) electrons. The van der Waals surface area contributed by atoms with Crippen molar-refractivity contribution >= 4 is 17.8 Å². The lowest BCUT2D eigenvalue weighted by atomic mass is 10.1. The van der Waals surface area contributed by atoms with E-state index in [1.54, 1.807) is 0 Å². The maximum Gasteiger partial charge on any atom is 0.326 e. The SMILES string of the molecule is O=C(O)C[C@H](NC(=O)c1ccc(O)cc1O)C(=O)O. The summed E-state index contributed by atoms with van der Waals surface area (Å²) in [6, 6.07) is 1.50. The third kappa shape index (κ3) is 3.87. The molecule has 8 heteroatoms. The maximum absolute atomic E-state index is 11.7. The molecule has 19 heavy (non-hydrogen) atoms. The van der Waals surface area contributed by atoms with Crippen molar-refractivity contribution in [3.05, 3.63) is 23.8 Å². The molecule has 1 atom stereocenters. The maximum atomic E-state index is 11.7. The van der Waals surface area contributed by atoms with Crippen molar-refractivity contribution in [1.29, 1.82) is 0 Å². The molecule has 0 aliphatic heterocycles.